The maximum Gasteiger partial charge on any atom is 0.110 e. The monoisotopic (exact) mass is 230 g/mol. The minimum atomic E-state index is 0.705. The molecule has 2 N–H and O–H groups in total. The van der Waals surface area contributed by atoms with Crippen molar-refractivity contribution in [3.63, 3.8) is 0 Å². The van der Waals surface area contributed by atoms with Crippen LogP contribution in [0.25, 0.3) is 0 Å². The van der Waals surface area contributed by atoms with E-state index in [1.165, 1.54) is 23.4 Å². The molecule has 2 aromatic rings. The van der Waals surface area contributed by atoms with Gasteiger partial charge in [-0.3, -0.25) is 0 Å². The second kappa shape index (κ2) is 3.91. The van der Waals surface area contributed by atoms with Gasteiger partial charge >= 0.3 is 0 Å². The van der Waals surface area contributed by atoms with E-state index in [4.69, 9.17) is 5.73 Å². The van der Waals surface area contributed by atoms with E-state index in [1.54, 1.807) is 11.3 Å². The Kier molecular flexibility index (Phi) is 2.40. The minimum Gasteiger partial charge on any atom is -0.389 e. The fourth-order valence-corrected chi connectivity index (χ4v) is 2.82. The van der Waals surface area contributed by atoms with E-state index in [1.807, 2.05) is 6.07 Å². The first kappa shape index (κ1) is 9.85. The minimum absolute atomic E-state index is 0.705. The van der Waals surface area contributed by atoms with Gasteiger partial charge in [0.05, 0.1) is 10.7 Å². The van der Waals surface area contributed by atoms with Crippen molar-refractivity contribution < 1.29 is 0 Å². The van der Waals surface area contributed by atoms with Gasteiger partial charge in [-0.05, 0) is 18.4 Å². The number of nitrogens with two attached hydrogens (primary N) is 1. The van der Waals surface area contributed by atoms with Crippen molar-refractivity contribution in [1.82, 2.24) is 4.98 Å². The number of hydrogen-bond donors (Lipinski definition) is 1. The highest BCUT2D eigenvalue weighted by Gasteiger charge is 2.27. The molecule has 0 saturated heterocycles. The average Bonchev–Trinajstić information content (AvgIpc) is 3.07. The van der Waals surface area contributed by atoms with Crippen molar-refractivity contribution in [2.75, 3.05) is 5.73 Å². The highest BCUT2D eigenvalue weighted by atomic mass is 32.1. The molecule has 16 heavy (non-hydrogen) atoms. The molecule has 0 bridgehead atoms. The fraction of sp³-hybridized carbons (Fsp3) is 0.308. The van der Waals surface area contributed by atoms with Gasteiger partial charge in [0.2, 0.25) is 0 Å². The van der Waals surface area contributed by atoms with Crippen LogP contribution in [0.15, 0.2) is 30.3 Å². The Bertz CT molecular complexity index is 486. The molecule has 1 fully saturated rings. The zero-order valence-corrected chi connectivity index (χ0v) is 9.83. The summed E-state index contributed by atoms with van der Waals surface area (Å²) in [5, 5.41) is 2.13. The van der Waals surface area contributed by atoms with E-state index in [0.717, 1.165) is 17.1 Å². The predicted octanol–water partition coefficient (Wildman–Crippen LogP) is 3.19. The molecule has 0 amide bonds. The van der Waals surface area contributed by atoms with E-state index >= 15 is 0 Å². The zero-order chi connectivity index (χ0) is 11.0. The van der Waals surface area contributed by atoms with Crippen LogP contribution in [-0.2, 0) is 6.42 Å². The molecule has 1 aliphatic rings. The summed E-state index contributed by atoms with van der Waals surface area (Å²) in [5.74, 6) is 0.705. The maximum atomic E-state index is 6.01. The summed E-state index contributed by atoms with van der Waals surface area (Å²) in [6.45, 7) is 0. The quantitative estimate of drug-likeness (QED) is 0.879. The lowest BCUT2D eigenvalue weighted by Gasteiger charge is -1.98. The van der Waals surface area contributed by atoms with E-state index in [9.17, 15) is 0 Å². The van der Waals surface area contributed by atoms with Crippen LogP contribution in [0.3, 0.4) is 0 Å². The van der Waals surface area contributed by atoms with Crippen molar-refractivity contribution in [3.05, 3.63) is 46.6 Å². The summed E-state index contributed by atoms with van der Waals surface area (Å²) in [6, 6.07) is 10.4. The second-order valence-electron chi connectivity index (χ2n) is 4.30. The molecule has 1 heterocycles. The molecule has 3 heteroatoms. The highest BCUT2D eigenvalue weighted by Crippen LogP contribution is 2.43. The Balaban J connectivity index is 1.84. The van der Waals surface area contributed by atoms with E-state index in [0.29, 0.717) is 5.92 Å². The van der Waals surface area contributed by atoms with E-state index in [-0.39, 0.29) is 0 Å². The topological polar surface area (TPSA) is 38.9 Å². The Morgan fingerprint density at radius 1 is 1.25 bits per heavy atom. The number of benzene rings is 1. The predicted molar refractivity (Wildman–Crippen MR) is 67.7 cm³/mol. The summed E-state index contributed by atoms with van der Waals surface area (Å²) in [7, 11) is 0. The molecule has 1 aromatic heterocycles. The van der Waals surface area contributed by atoms with Crippen molar-refractivity contribution >= 4 is 16.3 Å². The molecule has 1 saturated carbocycles. The van der Waals surface area contributed by atoms with Gasteiger partial charge in [0.15, 0.2) is 0 Å². The zero-order valence-electron chi connectivity index (χ0n) is 9.02. The number of hydrogen-bond acceptors (Lipinski definition) is 3. The molecular formula is C13H14N2S. The van der Waals surface area contributed by atoms with Crippen LogP contribution in [0.2, 0.25) is 0 Å². The Morgan fingerprint density at radius 2 is 2.00 bits per heavy atom. The molecule has 0 atom stereocenters. The van der Waals surface area contributed by atoms with Gasteiger partial charge in [0.25, 0.3) is 0 Å². The number of rotatable bonds is 3. The fourth-order valence-electron chi connectivity index (χ4n) is 1.80. The number of aromatic nitrogens is 1. The molecule has 0 spiro atoms. The standard InChI is InChI=1S/C13H14N2S/c14-12-11(8-9-4-2-1-3-5-9)15-13(16-12)10-6-7-10/h1-5,10H,6-8,14H2. The summed E-state index contributed by atoms with van der Waals surface area (Å²) >= 11 is 1.67. The van der Waals surface area contributed by atoms with Crippen LogP contribution < -0.4 is 5.73 Å². The summed E-state index contributed by atoms with van der Waals surface area (Å²) in [5.41, 5.74) is 8.34. The molecular weight excluding hydrogens is 216 g/mol. The summed E-state index contributed by atoms with van der Waals surface area (Å²) in [6.07, 6.45) is 3.44. The van der Waals surface area contributed by atoms with Crippen LogP contribution in [0.1, 0.15) is 35.0 Å². The largest absolute Gasteiger partial charge is 0.389 e. The van der Waals surface area contributed by atoms with Crippen LogP contribution >= 0.6 is 11.3 Å². The van der Waals surface area contributed by atoms with Crippen molar-refractivity contribution in [2.45, 2.75) is 25.2 Å². The van der Waals surface area contributed by atoms with Gasteiger partial charge in [-0.1, -0.05) is 30.3 Å². The lowest BCUT2D eigenvalue weighted by molar-refractivity contribution is 1.02. The first-order valence-electron chi connectivity index (χ1n) is 5.62. The lowest BCUT2D eigenvalue weighted by Crippen LogP contribution is -1.93. The Hall–Kier alpha value is -1.35. The van der Waals surface area contributed by atoms with Gasteiger partial charge in [0.1, 0.15) is 5.00 Å². The van der Waals surface area contributed by atoms with Gasteiger partial charge in [-0.15, -0.1) is 11.3 Å². The normalized spacial score (nSPS) is 15.2. The van der Waals surface area contributed by atoms with Gasteiger partial charge in [-0.2, -0.15) is 0 Å². The first-order valence-corrected chi connectivity index (χ1v) is 6.43. The van der Waals surface area contributed by atoms with Crippen LogP contribution in [-0.4, -0.2) is 4.98 Å². The number of nitrogens with zero attached hydrogens (tertiary/aromatic N) is 1. The smallest absolute Gasteiger partial charge is 0.110 e. The third kappa shape index (κ3) is 1.95. The van der Waals surface area contributed by atoms with Crippen LogP contribution in [0, 0.1) is 0 Å². The van der Waals surface area contributed by atoms with Crippen LogP contribution in [0.4, 0.5) is 5.00 Å². The lowest BCUT2D eigenvalue weighted by atomic mass is 10.1. The van der Waals surface area contributed by atoms with E-state index in [2.05, 4.69) is 29.2 Å². The molecule has 0 aliphatic heterocycles. The van der Waals surface area contributed by atoms with E-state index < -0.39 is 0 Å². The molecule has 3 rings (SSSR count). The van der Waals surface area contributed by atoms with Crippen molar-refractivity contribution in [2.24, 2.45) is 0 Å². The maximum absolute atomic E-state index is 6.01. The number of thiazole rings is 1. The summed E-state index contributed by atoms with van der Waals surface area (Å²) < 4.78 is 0. The number of nitrogen functional groups attached to an aromatic ring is 1. The highest BCUT2D eigenvalue weighted by molar-refractivity contribution is 7.15. The summed E-state index contributed by atoms with van der Waals surface area (Å²) in [4.78, 5) is 4.66. The molecule has 1 aromatic carbocycles. The van der Waals surface area contributed by atoms with Gasteiger partial charge in [0, 0.05) is 12.3 Å². The third-order valence-electron chi connectivity index (χ3n) is 2.89. The Labute approximate surface area is 99.1 Å². The SMILES string of the molecule is Nc1sc(C2CC2)nc1Cc1ccccc1. The first-order chi connectivity index (χ1) is 7.83. The Morgan fingerprint density at radius 3 is 2.69 bits per heavy atom. The van der Waals surface area contributed by atoms with Crippen molar-refractivity contribution in [1.29, 1.82) is 0 Å². The van der Waals surface area contributed by atoms with Gasteiger partial charge < -0.3 is 5.73 Å². The molecule has 82 valence electrons. The third-order valence-corrected chi connectivity index (χ3v) is 3.97. The second-order valence-corrected chi connectivity index (χ2v) is 5.36. The molecule has 1 aliphatic carbocycles. The molecule has 0 radical (unpaired) electrons. The number of anilines is 1. The molecule has 0 unspecified atom stereocenters. The molecule has 2 nitrogen and oxygen atoms in total. The van der Waals surface area contributed by atoms with Gasteiger partial charge in [-0.25, -0.2) is 4.98 Å². The average molecular weight is 230 g/mol. The van der Waals surface area contributed by atoms with Crippen molar-refractivity contribution in [3.8, 4) is 0 Å². The van der Waals surface area contributed by atoms with Crippen LogP contribution in [0.5, 0.6) is 0 Å².